The number of fused-ring (bicyclic) bond motifs is 3. The molecule has 0 amide bonds. The third-order valence-electron chi connectivity index (χ3n) is 6.50. The number of hydrogen-bond acceptors (Lipinski definition) is 7. The Labute approximate surface area is 192 Å². The number of piperidine rings is 1. The Morgan fingerprint density at radius 1 is 1.12 bits per heavy atom. The van der Waals surface area contributed by atoms with E-state index < -0.39 is 15.7 Å². The molecule has 0 saturated carbocycles. The Bertz CT molecular complexity index is 1280. The van der Waals surface area contributed by atoms with Crippen molar-refractivity contribution in [2.75, 3.05) is 11.6 Å². The molecule has 2 fully saturated rings. The van der Waals surface area contributed by atoms with Crippen molar-refractivity contribution in [2.24, 2.45) is 0 Å². The van der Waals surface area contributed by atoms with Crippen LogP contribution in [0.3, 0.4) is 0 Å². The van der Waals surface area contributed by atoms with E-state index in [0.717, 1.165) is 49.0 Å². The van der Waals surface area contributed by atoms with E-state index in [1.54, 1.807) is 0 Å². The Morgan fingerprint density at radius 2 is 1.85 bits per heavy atom. The lowest BCUT2D eigenvalue weighted by atomic mass is 9.99. The summed E-state index contributed by atoms with van der Waals surface area (Å²) in [5, 5.41) is 6.00. The van der Waals surface area contributed by atoms with E-state index >= 15 is 0 Å². The van der Waals surface area contributed by atoms with Gasteiger partial charge in [-0.25, -0.2) is 22.8 Å². The average molecular weight is 474 g/mol. The number of aromatic nitrogens is 3. The Kier molecular flexibility index (Phi) is 5.62. The minimum absolute atomic E-state index is 0.0630. The number of hydrogen-bond donors (Lipinski definition) is 1. The van der Waals surface area contributed by atoms with E-state index in [4.69, 9.17) is 4.84 Å². The number of nitrogens with one attached hydrogen (secondary N) is 1. The summed E-state index contributed by atoms with van der Waals surface area (Å²) in [6, 6.07) is 6.86. The van der Waals surface area contributed by atoms with E-state index in [1.807, 2.05) is 12.3 Å². The third-order valence-corrected chi connectivity index (χ3v) is 7.61. The molecule has 1 aromatic carbocycles. The summed E-state index contributed by atoms with van der Waals surface area (Å²) in [6.45, 7) is 4.13. The van der Waals surface area contributed by atoms with Crippen LogP contribution in [0.25, 0.3) is 11.0 Å². The second-order valence-electron chi connectivity index (χ2n) is 9.25. The molecular weight excluding hydrogens is 445 g/mol. The molecule has 5 rings (SSSR count). The standard InChI is InChI=1S/C23H28FN5O3S/c1-14(2)32-29-15-4-5-16(29)11-17(10-15)28-9-8-19-22(25-13-26-23(19)28)27-21-7-6-18(12-20(21)24)33(3,30)31/h6-9,12-17H,4-5,10-11H2,1-3H3,(H,25,26,27)/t15-,16-/m0/s1. The monoisotopic (exact) mass is 473 g/mol. The van der Waals surface area contributed by atoms with E-state index in [0.29, 0.717) is 23.9 Å². The molecule has 33 heavy (non-hydrogen) atoms. The van der Waals surface area contributed by atoms with Crippen LogP contribution in [0.1, 0.15) is 45.6 Å². The molecular formula is C23H28FN5O3S. The highest BCUT2D eigenvalue weighted by atomic mass is 32.2. The van der Waals surface area contributed by atoms with Gasteiger partial charge in [0.15, 0.2) is 9.84 Å². The maximum Gasteiger partial charge on any atom is 0.175 e. The first-order valence-electron chi connectivity index (χ1n) is 11.2. The molecule has 2 saturated heterocycles. The van der Waals surface area contributed by atoms with Gasteiger partial charge < -0.3 is 9.88 Å². The predicted molar refractivity (Wildman–Crippen MR) is 123 cm³/mol. The molecule has 2 bridgehead atoms. The Hall–Kier alpha value is -2.56. The van der Waals surface area contributed by atoms with Crippen molar-refractivity contribution in [3.63, 3.8) is 0 Å². The number of rotatable bonds is 6. The van der Waals surface area contributed by atoms with Gasteiger partial charge in [-0.3, -0.25) is 4.84 Å². The lowest BCUT2D eigenvalue weighted by Crippen LogP contribution is -2.44. The molecule has 0 aliphatic carbocycles. The maximum atomic E-state index is 14.6. The van der Waals surface area contributed by atoms with Crippen LogP contribution >= 0.6 is 0 Å². The summed E-state index contributed by atoms with van der Waals surface area (Å²) in [5.41, 5.74) is 0.954. The van der Waals surface area contributed by atoms with Crippen LogP contribution in [-0.2, 0) is 14.7 Å². The first-order valence-corrected chi connectivity index (χ1v) is 13.1. The molecule has 176 valence electrons. The minimum Gasteiger partial charge on any atom is -0.337 e. The van der Waals surface area contributed by atoms with Gasteiger partial charge in [-0.1, -0.05) is 0 Å². The normalized spacial score (nSPS) is 23.5. The highest BCUT2D eigenvalue weighted by Gasteiger charge is 2.43. The number of nitrogens with zero attached hydrogens (tertiary/aromatic N) is 4. The zero-order chi connectivity index (χ0) is 23.3. The minimum atomic E-state index is -3.48. The summed E-state index contributed by atoms with van der Waals surface area (Å²) in [6.07, 6.45) is 8.96. The lowest BCUT2D eigenvalue weighted by Gasteiger charge is -2.39. The summed E-state index contributed by atoms with van der Waals surface area (Å²) < 4.78 is 40.2. The lowest BCUT2D eigenvalue weighted by molar-refractivity contribution is -0.232. The van der Waals surface area contributed by atoms with Crippen molar-refractivity contribution in [2.45, 2.75) is 68.7 Å². The largest absolute Gasteiger partial charge is 0.337 e. The van der Waals surface area contributed by atoms with E-state index in [1.165, 1.54) is 18.5 Å². The number of hydroxylamine groups is 2. The van der Waals surface area contributed by atoms with Crippen LogP contribution in [0.2, 0.25) is 0 Å². The van der Waals surface area contributed by atoms with Gasteiger partial charge in [-0.2, -0.15) is 5.06 Å². The smallest absolute Gasteiger partial charge is 0.175 e. The predicted octanol–water partition coefficient (Wildman–Crippen LogP) is 4.23. The van der Waals surface area contributed by atoms with Gasteiger partial charge in [0.05, 0.1) is 22.1 Å². The first-order chi connectivity index (χ1) is 15.7. The summed E-state index contributed by atoms with van der Waals surface area (Å²) >= 11 is 0. The average Bonchev–Trinajstić information content (AvgIpc) is 3.26. The molecule has 2 aliphatic rings. The molecule has 2 aliphatic heterocycles. The molecule has 0 spiro atoms. The van der Waals surface area contributed by atoms with Crippen LogP contribution in [0, 0.1) is 5.82 Å². The SMILES string of the molecule is CC(C)ON1[C@H]2CC[C@H]1CC(n1ccc3c(Nc4ccc(S(C)(=O)=O)cc4F)ncnc31)C2. The van der Waals surface area contributed by atoms with Crippen LogP contribution in [0.4, 0.5) is 15.9 Å². The molecule has 0 radical (unpaired) electrons. The maximum absolute atomic E-state index is 14.6. The third kappa shape index (κ3) is 4.22. The van der Waals surface area contributed by atoms with Crippen molar-refractivity contribution < 1.29 is 17.6 Å². The molecule has 3 aromatic rings. The summed E-state index contributed by atoms with van der Waals surface area (Å²) in [5.74, 6) is -0.175. The fourth-order valence-corrected chi connectivity index (χ4v) is 5.70. The number of anilines is 2. The van der Waals surface area contributed by atoms with Crippen LogP contribution in [-0.4, -0.2) is 52.5 Å². The topological polar surface area (TPSA) is 89.4 Å². The van der Waals surface area contributed by atoms with Gasteiger partial charge in [-0.05, 0) is 63.8 Å². The van der Waals surface area contributed by atoms with Crippen molar-refractivity contribution in [3.8, 4) is 0 Å². The fraction of sp³-hybridized carbons (Fsp3) is 0.478. The molecule has 2 atom stereocenters. The molecule has 10 heteroatoms. The van der Waals surface area contributed by atoms with Gasteiger partial charge >= 0.3 is 0 Å². The van der Waals surface area contributed by atoms with Gasteiger partial charge in [0.1, 0.15) is 23.6 Å². The van der Waals surface area contributed by atoms with Crippen molar-refractivity contribution in [3.05, 3.63) is 42.6 Å². The zero-order valence-corrected chi connectivity index (χ0v) is 19.7. The molecule has 0 unspecified atom stereocenters. The number of sulfone groups is 1. The first kappa shape index (κ1) is 22.2. The Balaban J connectivity index is 1.41. The molecule has 4 heterocycles. The highest BCUT2D eigenvalue weighted by Crippen LogP contribution is 2.42. The van der Waals surface area contributed by atoms with E-state index in [2.05, 4.69) is 38.8 Å². The van der Waals surface area contributed by atoms with Gasteiger partial charge in [-0.15, -0.1) is 0 Å². The van der Waals surface area contributed by atoms with Gasteiger partial charge in [0.25, 0.3) is 0 Å². The second kappa shape index (κ2) is 8.34. The van der Waals surface area contributed by atoms with Crippen LogP contribution < -0.4 is 5.32 Å². The van der Waals surface area contributed by atoms with Crippen molar-refractivity contribution in [1.29, 1.82) is 0 Å². The van der Waals surface area contributed by atoms with E-state index in [-0.39, 0.29) is 16.7 Å². The second-order valence-corrected chi connectivity index (χ2v) is 11.3. The van der Waals surface area contributed by atoms with Crippen LogP contribution in [0.5, 0.6) is 0 Å². The van der Waals surface area contributed by atoms with Gasteiger partial charge in [0, 0.05) is 30.6 Å². The van der Waals surface area contributed by atoms with Gasteiger partial charge in [0.2, 0.25) is 0 Å². The zero-order valence-electron chi connectivity index (χ0n) is 18.9. The summed E-state index contributed by atoms with van der Waals surface area (Å²) in [4.78, 5) is 14.8. The quantitative estimate of drug-likeness (QED) is 0.573. The fourth-order valence-electron chi connectivity index (χ4n) is 5.07. The molecule has 8 nitrogen and oxygen atoms in total. The number of halogens is 1. The van der Waals surface area contributed by atoms with Crippen molar-refractivity contribution in [1.82, 2.24) is 19.6 Å². The molecule has 2 aromatic heterocycles. The van der Waals surface area contributed by atoms with Crippen LogP contribution in [0.15, 0.2) is 41.7 Å². The summed E-state index contributed by atoms with van der Waals surface area (Å²) in [7, 11) is -3.48. The van der Waals surface area contributed by atoms with E-state index in [9.17, 15) is 12.8 Å². The highest BCUT2D eigenvalue weighted by molar-refractivity contribution is 7.90. The Morgan fingerprint density at radius 3 is 2.48 bits per heavy atom. The molecule has 1 N–H and O–H groups in total. The van der Waals surface area contributed by atoms with Crippen molar-refractivity contribution >= 4 is 32.4 Å². The number of benzene rings is 1.